The zero-order valence-electron chi connectivity index (χ0n) is 7.73. The molecule has 4 heteroatoms. The smallest absolute Gasteiger partial charge is 0.0784 e. The van der Waals surface area contributed by atoms with Gasteiger partial charge in [0.1, 0.15) is 0 Å². The van der Waals surface area contributed by atoms with Crippen molar-refractivity contribution in [2.45, 2.75) is 38.2 Å². The van der Waals surface area contributed by atoms with Gasteiger partial charge in [-0.1, -0.05) is 17.8 Å². The topological polar surface area (TPSA) is 46.0 Å². The van der Waals surface area contributed by atoms with Crippen LogP contribution in [-0.2, 0) is 6.42 Å². The molecular formula is C9H14N2OS. The van der Waals surface area contributed by atoms with Crippen LogP contribution in [0, 0.1) is 5.92 Å². The second kappa shape index (κ2) is 3.35. The SMILES string of the molecule is CC1CCCC1(O)Cc1csnn1. The van der Waals surface area contributed by atoms with Gasteiger partial charge in [0.05, 0.1) is 11.3 Å². The van der Waals surface area contributed by atoms with Crippen molar-refractivity contribution in [2.75, 3.05) is 0 Å². The summed E-state index contributed by atoms with van der Waals surface area (Å²) in [6, 6.07) is 0. The lowest BCUT2D eigenvalue weighted by molar-refractivity contribution is 0.00873. The zero-order chi connectivity index (χ0) is 9.31. The van der Waals surface area contributed by atoms with Crippen LogP contribution in [0.4, 0.5) is 0 Å². The Morgan fingerprint density at radius 2 is 2.62 bits per heavy atom. The van der Waals surface area contributed by atoms with Crippen molar-refractivity contribution in [3.63, 3.8) is 0 Å². The highest BCUT2D eigenvalue weighted by atomic mass is 32.1. The van der Waals surface area contributed by atoms with Crippen LogP contribution in [0.5, 0.6) is 0 Å². The van der Waals surface area contributed by atoms with E-state index in [4.69, 9.17) is 0 Å². The lowest BCUT2D eigenvalue weighted by atomic mass is 9.88. The van der Waals surface area contributed by atoms with Gasteiger partial charge >= 0.3 is 0 Å². The van der Waals surface area contributed by atoms with E-state index in [1.807, 2.05) is 5.38 Å². The molecule has 0 bridgehead atoms. The van der Waals surface area contributed by atoms with Crippen molar-refractivity contribution in [3.05, 3.63) is 11.1 Å². The monoisotopic (exact) mass is 198 g/mol. The Kier molecular flexibility index (Phi) is 2.34. The molecule has 13 heavy (non-hydrogen) atoms. The first kappa shape index (κ1) is 9.09. The maximum Gasteiger partial charge on any atom is 0.0784 e. The number of aliphatic hydroxyl groups is 1. The molecule has 1 aromatic heterocycles. The summed E-state index contributed by atoms with van der Waals surface area (Å²) in [4.78, 5) is 0. The molecular weight excluding hydrogens is 184 g/mol. The van der Waals surface area contributed by atoms with Gasteiger partial charge in [-0.2, -0.15) is 0 Å². The molecule has 0 saturated heterocycles. The van der Waals surface area contributed by atoms with E-state index >= 15 is 0 Å². The number of hydrogen-bond donors (Lipinski definition) is 1. The van der Waals surface area contributed by atoms with Crippen LogP contribution in [0.1, 0.15) is 31.9 Å². The van der Waals surface area contributed by atoms with Crippen LogP contribution >= 0.6 is 11.5 Å². The lowest BCUT2D eigenvalue weighted by Crippen LogP contribution is -2.34. The molecule has 1 aliphatic rings. The van der Waals surface area contributed by atoms with Gasteiger partial charge in [0.2, 0.25) is 0 Å². The van der Waals surface area contributed by atoms with E-state index in [1.165, 1.54) is 11.5 Å². The van der Waals surface area contributed by atoms with Crippen LogP contribution < -0.4 is 0 Å². The van der Waals surface area contributed by atoms with Crippen molar-refractivity contribution < 1.29 is 5.11 Å². The average Bonchev–Trinajstić information content (AvgIpc) is 2.65. The van der Waals surface area contributed by atoms with Gasteiger partial charge in [0.25, 0.3) is 0 Å². The normalized spacial score (nSPS) is 33.8. The van der Waals surface area contributed by atoms with E-state index < -0.39 is 5.60 Å². The van der Waals surface area contributed by atoms with Gasteiger partial charge in [0.15, 0.2) is 0 Å². The van der Waals surface area contributed by atoms with Crippen LogP contribution in [0.2, 0.25) is 0 Å². The van der Waals surface area contributed by atoms with Gasteiger partial charge in [-0.3, -0.25) is 0 Å². The first-order chi connectivity index (χ1) is 6.21. The zero-order valence-corrected chi connectivity index (χ0v) is 8.55. The van der Waals surface area contributed by atoms with Crippen molar-refractivity contribution in [3.8, 4) is 0 Å². The molecule has 0 amide bonds. The molecule has 0 aliphatic heterocycles. The van der Waals surface area contributed by atoms with Crippen LogP contribution in [0.3, 0.4) is 0 Å². The third kappa shape index (κ3) is 1.74. The van der Waals surface area contributed by atoms with Gasteiger partial charge in [-0.05, 0) is 30.3 Å². The summed E-state index contributed by atoms with van der Waals surface area (Å²) in [5, 5.41) is 16.2. The fourth-order valence-corrected chi connectivity index (χ4v) is 2.52. The van der Waals surface area contributed by atoms with Gasteiger partial charge in [0, 0.05) is 11.8 Å². The van der Waals surface area contributed by atoms with Crippen molar-refractivity contribution in [1.29, 1.82) is 0 Å². The highest BCUT2D eigenvalue weighted by Gasteiger charge is 2.38. The van der Waals surface area contributed by atoms with Crippen LogP contribution in [-0.4, -0.2) is 20.3 Å². The third-order valence-corrected chi connectivity index (χ3v) is 3.61. The Labute approximate surface area is 82.0 Å². The Morgan fingerprint density at radius 3 is 3.15 bits per heavy atom. The maximum absolute atomic E-state index is 10.3. The number of hydrogen-bond acceptors (Lipinski definition) is 4. The second-order valence-corrected chi connectivity index (χ2v) is 4.58. The fraction of sp³-hybridized carbons (Fsp3) is 0.778. The van der Waals surface area contributed by atoms with Crippen molar-refractivity contribution in [2.24, 2.45) is 5.92 Å². The molecule has 2 unspecified atom stereocenters. The van der Waals surface area contributed by atoms with Crippen LogP contribution in [0.15, 0.2) is 5.38 Å². The first-order valence-corrected chi connectivity index (χ1v) is 5.53. The average molecular weight is 198 g/mol. The van der Waals surface area contributed by atoms with E-state index in [-0.39, 0.29) is 0 Å². The summed E-state index contributed by atoms with van der Waals surface area (Å²) in [6.45, 7) is 2.12. The minimum atomic E-state index is -0.518. The molecule has 1 aliphatic carbocycles. The number of rotatable bonds is 2. The quantitative estimate of drug-likeness (QED) is 0.785. The van der Waals surface area contributed by atoms with Gasteiger partial charge < -0.3 is 5.11 Å². The van der Waals surface area contributed by atoms with E-state index in [0.717, 1.165) is 25.0 Å². The predicted molar refractivity (Wildman–Crippen MR) is 51.6 cm³/mol. The largest absolute Gasteiger partial charge is 0.389 e. The van der Waals surface area contributed by atoms with E-state index in [2.05, 4.69) is 16.5 Å². The molecule has 0 radical (unpaired) electrons. The summed E-state index contributed by atoms with van der Waals surface area (Å²) in [6.07, 6.45) is 3.85. The Balaban J connectivity index is 2.08. The molecule has 72 valence electrons. The Hall–Kier alpha value is -0.480. The summed E-state index contributed by atoms with van der Waals surface area (Å²) >= 11 is 1.35. The molecule has 3 nitrogen and oxygen atoms in total. The van der Waals surface area contributed by atoms with Crippen molar-refractivity contribution in [1.82, 2.24) is 9.59 Å². The number of aromatic nitrogens is 2. The third-order valence-electron chi connectivity index (χ3n) is 3.06. The molecule has 1 heterocycles. The molecule has 1 aromatic rings. The van der Waals surface area contributed by atoms with E-state index in [9.17, 15) is 5.11 Å². The molecule has 1 fully saturated rings. The Bertz CT molecular complexity index is 275. The molecule has 1 N–H and O–H groups in total. The summed E-state index contributed by atoms with van der Waals surface area (Å²) in [5.74, 6) is 0.397. The molecule has 0 aromatic carbocycles. The summed E-state index contributed by atoms with van der Waals surface area (Å²) in [5.41, 5.74) is 0.414. The molecule has 1 saturated carbocycles. The standard InChI is InChI=1S/C9H14N2OS/c1-7-3-2-4-9(7,12)5-8-6-13-11-10-8/h6-7,12H,2-5H2,1H3. The summed E-state index contributed by atoms with van der Waals surface area (Å²) < 4.78 is 3.80. The second-order valence-electron chi connectivity index (χ2n) is 3.97. The van der Waals surface area contributed by atoms with Gasteiger partial charge in [-0.25, -0.2) is 0 Å². The Morgan fingerprint density at radius 1 is 1.77 bits per heavy atom. The minimum absolute atomic E-state index is 0.397. The first-order valence-electron chi connectivity index (χ1n) is 4.69. The highest BCUT2D eigenvalue weighted by molar-refractivity contribution is 7.03. The minimum Gasteiger partial charge on any atom is -0.389 e. The fourth-order valence-electron chi connectivity index (χ4n) is 2.07. The van der Waals surface area contributed by atoms with Crippen LogP contribution in [0.25, 0.3) is 0 Å². The maximum atomic E-state index is 10.3. The van der Waals surface area contributed by atoms with Gasteiger partial charge in [-0.15, -0.1) is 5.10 Å². The van der Waals surface area contributed by atoms with Crippen molar-refractivity contribution >= 4 is 11.5 Å². The van der Waals surface area contributed by atoms with E-state index in [0.29, 0.717) is 12.3 Å². The number of nitrogens with zero attached hydrogens (tertiary/aromatic N) is 2. The van der Waals surface area contributed by atoms with E-state index in [1.54, 1.807) is 0 Å². The highest BCUT2D eigenvalue weighted by Crippen LogP contribution is 2.37. The molecule has 2 atom stereocenters. The lowest BCUT2D eigenvalue weighted by Gasteiger charge is -2.26. The summed E-state index contributed by atoms with van der Waals surface area (Å²) in [7, 11) is 0. The molecule has 0 spiro atoms. The molecule has 2 rings (SSSR count). The predicted octanol–water partition coefficient (Wildman–Crippen LogP) is 1.63.